The van der Waals surface area contributed by atoms with Crippen molar-refractivity contribution in [2.45, 2.75) is 25.9 Å². The van der Waals surface area contributed by atoms with E-state index in [1.807, 2.05) is 55.5 Å². The molecule has 0 aliphatic rings. The zero-order valence-electron chi connectivity index (χ0n) is 16.3. The van der Waals surface area contributed by atoms with Gasteiger partial charge in [-0.3, -0.25) is 14.3 Å². The molecule has 0 saturated carbocycles. The zero-order chi connectivity index (χ0) is 20.8. The van der Waals surface area contributed by atoms with Crippen molar-refractivity contribution in [1.82, 2.24) is 15.1 Å². The number of aryl methyl sites for hydroxylation is 1. The molecule has 1 atom stereocenters. The molecule has 1 aromatic heterocycles. The maximum atomic E-state index is 12.8. The molecule has 0 saturated heterocycles. The molecule has 3 rings (SSSR count). The van der Waals surface area contributed by atoms with Gasteiger partial charge in [0.1, 0.15) is 0 Å². The van der Waals surface area contributed by atoms with Gasteiger partial charge in [-0.2, -0.15) is 5.10 Å². The minimum absolute atomic E-state index is 0.0407. The molecule has 150 valence electrons. The van der Waals surface area contributed by atoms with E-state index in [1.165, 1.54) is 13.3 Å². The fourth-order valence-electron chi connectivity index (χ4n) is 2.91. The van der Waals surface area contributed by atoms with Gasteiger partial charge in [0.2, 0.25) is 0 Å². The van der Waals surface area contributed by atoms with E-state index >= 15 is 0 Å². The van der Waals surface area contributed by atoms with Crippen molar-refractivity contribution in [3.05, 3.63) is 88.2 Å². The molecule has 29 heavy (non-hydrogen) atoms. The molecule has 0 aliphatic carbocycles. The van der Waals surface area contributed by atoms with Gasteiger partial charge in [0, 0.05) is 11.2 Å². The molecule has 2 aromatic carbocycles. The minimum atomic E-state index is -0.498. The van der Waals surface area contributed by atoms with Crippen molar-refractivity contribution in [1.29, 1.82) is 0 Å². The summed E-state index contributed by atoms with van der Waals surface area (Å²) in [6, 6.07) is 14.6. The summed E-state index contributed by atoms with van der Waals surface area (Å²) < 4.78 is 6.43. The highest BCUT2D eigenvalue weighted by Crippen LogP contribution is 2.20. The second-order valence-corrected chi connectivity index (χ2v) is 7.14. The fourth-order valence-corrected chi connectivity index (χ4v) is 3.11. The number of hydrogen-bond donors (Lipinski definition) is 1. The third kappa shape index (κ3) is 5.45. The van der Waals surface area contributed by atoms with Crippen LogP contribution in [0.1, 0.15) is 39.5 Å². The quantitative estimate of drug-likeness (QED) is 0.598. The van der Waals surface area contributed by atoms with E-state index in [2.05, 4.69) is 10.4 Å². The molecule has 1 unspecified atom stereocenters. The van der Waals surface area contributed by atoms with Crippen molar-refractivity contribution in [2.24, 2.45) is 0 Å². The van der Waals surface area contributed by atoms with Crippen molar-refractivity contribution >= 4 is 23.5 Å². The van der Waals surface area contributed by atoms with Gasteiger partial charge in [0.15, 0.2) is 0 Å². The number of methoxy groups -OCH3 is 1. The monoisotopic (exact) mass is 411 g/mol. The van der Waals surface area contributed by atoms with Crippen LogP contribution in [0.25, 0.3) is 0 Å². The summed E-state index contributed by atoms with van der Waals surface area (Å²) in [4.78, 5) is 24.6. The topological polar surface area (TPSA) is 73.2 Å². The number of rotatable bonds is 7. The van der Waals surface area contributed by atoms with Crippen LogP contribution in [0.2, 0.25) is 5.02 Å². The second-order valence-electron chi connectivity index (χ2n) is 6.73. The highest BCUT2D eigenvalue weighted by Gasteiger charge is 2.20. The summed E-state index contributed by atoms with van der Waals surface area (Å²) in [6.45, 7) is 2.43. The maximum Gasteiger partial charge on any atom is 0.307 e. The summed E-state index contributed by atoms with van der Waals surface area (Å²) in [6.07, 6.45) is 3.19. The second kappa shape index (κ2) is 9.39. The number of nitrogens with one attached hydrogen (secondary N) is 1. The first kappa shape index (κ1) is 20.6. The molecule has 0 fully saturated rings. The Bertz CT molecular complexity index is 999. The summed E-state index contributed by atoms with van der Waals surface area (Å²) in [5.41, 5.74) is 3.24. The molecule has 6 nitrogen and oxygen atoms in total. The molecular weight excluding hydrogens is 390 g/mol. The standard InChI is InChI=1S/C22H22ClN3O3/c1-15-7-9-16(10-8-15)20(11-21(27)29-2)25-22(28)18-12-24-26(14-18)13-17-5-3-4-6-19(17)23/h3-10,12,14,20H,11,13H2,1-2H3,(H,25,28). The molecular formula is C22H22ClN3O3. The molecule has 7 heteroatoms. The number of esters is 1. The summed E-state index contributed by atoms with van der Waals surface area (Å²) >= 11 is 6.19. The van der Waals surface area contributed by atoms with Gasteiger partial charge < -0.3 is 10.1 Å². The van der Waals surface area contributed by atoms with Crippen LogP contribution in [0.5, 0.6) is 0 Å². The van der Waals surface area contributed by atoms with Gasteiger partial charge in [-0.05, 0) is 24.1 Å². The van der Waals surface area contributed by atoms with Gasteiger partial charge >= 0.3 is 5.97 Å². The number of carbonyl (C=O) groups is 2. The molecule has 1 amide bonds. The lowest BCUT2D eigenvalue weighted by Crippen LogP contribution is -2.30. The van der Waals surface area contributed by atoms with E-state index in [0.29, 0.717) is 17.1 Å². The Morgan fingerprint density at radius 3 is 2.59 bits per heavy atom. The van der Waals surface area contributed by atoms with Crippen LogP contribution in [0.4, 0.5) is 0 Å². The fraction of sp³-hybridized carbons (Fsp3) is 0.227. The minimum Gasteiger partial charge on any atom is -0.469 e. The van der Waals surface area contributed by atoms with Gasteiger partial charge in [-0.15, -0.1) is 0 Å². The van der Waals surface area contributed by atoms with Crippen LogP contribution in [0.3, 0.4) is 0 Å². The highest BCUT2D eigenvalue weighted by molar-refractivity contribution is 6.31. The number of halogens is 1. The molecule has 3 aromatic rings. The third-order valence-corrected chi connectivity index (χ3v) is 4.94. The smallest absolute Gasteiger partial charge is 0.307 e. The lowest BCUT2D eigenvalue weighted by atomic mass is 10.0. The Hall–Kier alpha value is -3.12. The lowest BCUT2D eigenvalue weighted by Gasteiger charge is -2.18. The average molecular weight is 412 g/mol. The van der Waals surface area contributed by atoms with Crippen molar-refractivity contribution in [3.63, 3.8) is 0 Å². The Balaban J connectivity index is 1.74. The van der Waals surface area contributed by atoms with Crippen LogP contribution in [0, 0.1) is 6.92 Å². The van der Waals surface area contributed by atoms with Crippen molar-refractivity contribution in [2.75, 3.05) is 7.11 Å². The predicted molar refractivity (Wildman–Crippen MR) is 111 cm³/mol. The normalized spacial score (nSPS) is 11.7. The molecule has 0 aliphatic heterocycles. The first-order chi connectivity index (χ1) is 14.0. The molecule has 0 spiro atoms. The van der Waals surface area contributed by atoms with E-state index < -0.39 is 12.0 Å². The molecule has 1 N–H and O–H groups in total. The highest BCUT2D eigenvalue weighted by atomic mass is 35.5. The van der Waals surface area contributed by atoms with E-state index in [4.69, 9.17) is 16.3 Å². The van der Waals surface area contributed by atoms with Crippen LogP contribution >= 0.6 is 11.6 Å². The Morgan fingerprint density at radius 2 is 1.90 bits per heavy atom. The van der Waals surface area contributed by atoms with Crippen LogP contribution in [-0.4, -0.2) is 28.8 Å². The predicted octanol–water partition coefficient (Wildman–Crippen LogP) is 3.93. The van der Waals surface area contributed by atoms with Crippen LogP contribution < -0.4 is 5.32 Å². The van der Waals surface area contributed by atoms with E-state index in [-0.39, 0.29) is 12.3 Å². The third-order valence-electron chi connectivity index (χ3n) is 4.57. The van der Waals surface area contributed by atoms with Gasteiger partial charge in [0.25, 0.3) is 5.91 Å². The number of carbonyl (C=O) groups excluding carboxylic acids is 2. The van der Waals surface area contributed by atoms with Crippen molar-refractivity contribution < 1.29 is 14.3 Å². The summed E-state index contributed by atoms with van der Waals surface area (Å²) in [7, 11) is 1.33. The summed E-state index contributed by atoms with van der Waals surface area (Å²) in [5.74, 6) is -0.713. The van der Waals surface area contributed by atoms with E-state index in [9.17, 15) is 9.59 Å². The van der Waals surface area contributed by atoms with Crippen LogP contribution in [-0.2, 0) is 16.1 Å². The SMILES string of the molecule is COC(=O)CC(NC(=O)c1cnn(Cc2ccccc2Cl)c1)c1ccc(C)cc1. The molecule has 1 heterocycles. The molecule has 0 bridgehead atoms. The zero-order valence-corrected chi connectivity index (χ0v) is 17.0. The number of nitrogens with zero attached hydrogens (tertiary/aromatic N) is 2. The molecule has 0 radical (unpaired) electrons. The van der Waals surface area contributed by atoms with Crippen molar-refractivity contribution in [3.8, 4) is 0 Å². The Labute approximate surface area is 174 Å². The van der Waals surface area contributed by atoms with Gasteiger partial charge in [-0.25, -0.2) is 0 Å². The first-order valence-corrected chi connectivity index (χ1v) is 9.54. The number of ether oxygens (including phenoxy) is 1. The Kier molecular flexibility index (Phi) is 6.67. The number of benzene rings is 2. The average Bonchev–Trinajstić information content (AvgIpc) is 3.18. The Morgan fingerprint density at radius 1 is 1.17 bits per heavy atom. The number of hydrogen-bond acceptors (Lipinski definition) is 4. The number of aromatic nitrogens is 2. The maximum absolute atomic E-state index is 12.8. The lowest BCUT2D eigenvalue weighted by molar-refractivity contribution is -0.141. The summed E-state index contributed by atoms with van der Waals surface area (Å²) in [5, 5.41) is 7.80. The number of amides is 1. The van der Waals surface area contributed by atoms with Gasteiger partial charge in [0.05, 0.1) is 37.9 Å². The van der Waals surface area contributed by atoms with E-state index in [1.54, 1.807) is 10.9 Å². The van der Waals surface area contributed by atoms with Gasteiger partial charge in [-0.1, -0.05) is 59.6 Å². The largest absolute Gasteiger partial charge is 0.469 e. The first-order valence-electron chi connectivity index (χ1n) is 9.16. The van der Waals surface area contributed by atoms with E-state index in [0.717, 1.165) is 16.7 Å². The van der Waals surface area contributed by atoms with Crippen LogP contribution in [0.15, 0.2) is 60.9 Å².